The Hall–Kier alpha value is -1.02. The summed E-state index contributed by atoms with van der Waals surface area (Å²) in [6, 6.07) is 3.80. The van der Waals surface area contributed by atoms with Crippen LogP contribution in [0.15, 0.2) is 28.6 Å². The summed E-state index contributed by atoms with van der Waals surface area (Å²) in [4.78, 5) is 7.02. The van der Waals surface area contributed by atoms with Gasteiger partial charge in [-0.3, -0.25) is 4.98 Å². The lowest BCUT2D eigenvalue weighted by molar-refractivity contribution is 0.148. The van der Waals surface area contributed by atoms with Gasteiger partial charge >= 0.3 is 0 Å². The van der Waals surface area contributed by atoms with Crippen LogP contribution in [0.4, 0.5) is 0 Å². The van der Waals surface area contributed by atoms with Crippen LogP contribution in [0.5, 0.6) is 0 Å². The van der Waals surface area contributed by atoms with Crippen LogP contribution in [0.2, 0.25) is 0 Å². The van der Waals surface area contributed by atoms with Gasteiger partial charge in [0.2, 0.25) is 10.0 Å². The molecule has 2 aromatic heterocycles. The van der Waals surface area contributed by atoms with E-state index in [1.54, 1.807) is 10.4 Å². The molecule has 0 saturated carbocycles. The molecule has 2 fully saturated rings. The topological polar surface area (TPSA) is 53.5 Å². The zero-order valence-electron chi connectivity index (χ0n) is 12.3. The summed E-state index contributed by atoms with van der Waals surface area (Å²) in [5.41, 5.74) is 0.864. The van der Waals surface area contributed by atoms with E-state index in [4.69, 9.17) is 0 Å². The molecule has 118 valence electrons. The van der Waals surface area contributed by atoms with Gasteiger partial charge in [0.1, 0.15) is 4.90 Å². The van der Waals surface area contributed by atoms with Gasteiger partial charge in [-0.05, 0) is 36.9 Å². The lowest BCUT2D eigenvalue weighted by atomic mass is 10.1. The van der Waals surface area contributed by atoms with Crippen molar-refractivity contribution < 1.29 is 8.42 Å². The van der Waals surface area contributed by atoms with E-state index in [0.717, 1.165) is 42.7 Å². The molecular formula is C15H19N3O2S2. The minimum atomic E-state index is -3.45. The normalized spacial score (nSPS) is 26.9. The smallest absolute Gasteiger partial charge is 0.244 e. The van der Waals surface area contributed by atoms with E-state index in [2.05, 4.69) is 9.88 Å². The molecule has 0 radical (unpaired) electrons. The standard InChI is InChI=1S/C15H19N3O2S2/c19-22(20,13-9-15-14(16-10-13)4-8-21-15)18-7-6-17-5-2-1-3-12(18)11-17/h4,8-10,12H,1-3,5-7,11H2. The SMILES string of the molecule is O=S(=O)(c1cnc2ccsc2c1)N1CCN2CCCCC1C2. The zero-order chi connectivity index (χ0) is 15.2. The number of sulfonamides is 1. The Morgan fingerprint density at radius 1 is 1.23 bits per heavy atom. The Labute approximate surface area is 134 Å². The quantitative estimate of drug-likeness (QED) is 0.843. The average Bonchev–Trinajstić information content (AvgIpc) is 2.91. The molecule has 22 heavy (non-hydrogen) atoms. The Morgan fingerprint density at radius 2 is 2.14 bits per heavy atom. The van der Waals surface area contributed by atoms with Gasteiger partial charge in [0.15, 0.2) is 0 Å². The van der Waals surface area contributed by atoms with Crippen LogP contribution in [-0.2, 0) is 10.0 Å². The van der Waals surface area contributed by atoms with Crippen LogP contribution in [0.25, 0.3) is 10.2 Å². The molecule has 2 aliphatic heterocycles. The van der Waals surface area contributed by atoms with E-state index in [0.29, 0.717) is 11.4 Å². The van der Waals surface area contributed by atoms with Crippen LogP contribution in [0, 0.1) is 0 Å². The summed E-state index contributed by atoms with van der Waals surface area (Å²) in [6.45, 7) is 3.40. The van der Waals surface area contributed by atoms with Crippen LogP contribution in [0.1, 0.15) is 19.3 Å². The predicted molar refractivity (Wildman–Crippen MR) is 87.6 cm³/mol. The lowest BCUT2D eigenvalue weighted by Crippen LogP contribution is -2.54. The average molecular weight is 337 g/mol. The fraction of sp³-hybridized carbons (Fsp3) is 0.533. The van der Waals surface area contributed by atoms with E-state index >= 15 is 0 Å². The highest BCUT2D eigenvalue weighted by Gasteiger charge is 2.37. The molecule has 2 aliphatic rings. The van der Waals surface area contributed by atoms with Crippen molar-refractivity contribution in [3.8, 4) is 0 Å². The molecular weight excluding hydrogens is 318 g/mol. The van der Waals surface area contributed by atoms with Crippen molar-refractivity contribution in [2.75, 3.05) is 26.2 Å². The molecule has 2 saturated heterocycles. The first-order valence-corrected chi connectivity index (χ1v) is 10.0. The van der Waals surface area contributed by atoms with Gasteiger partial charge in [0, 0.05) is 31.9 Å². The minimum absolute atomic E-state index is 0.111. The number of aromatic nitrogens is 1. The molecule has 2 atom stereocenters. The third-order valence-corrected chi connectivity index (χ3v) is 7.43. The lowest BCUT2D eigenvalue weighted by Gasteiger charge is -2.38. The van der Waals surface area contributed by atoms with E-state index in [1.165, 1.54) is 24.0 Å². The number of nitrogens with zero attached hydrogens (tertiary/aromatic N) is 3. The van der Waals surface area contributed by atoms with E-state index in [-0.39, 0.29) is 6.04 Å². The highest BCUT2D eigenvalue weighted by Crippen LogP contribution is 2.28. The molecule has 2 unspecified atom stereocenters. The van der Waals surface area contributed by atoms with Crippen molar-refractivity contribution in [2.24, 2.45) is 0 Å². The number of hydrogen-bond donors (Lipinski definition) is 0. The molecule has 0 aromatic carbocycles. The van der Waals surface area contributed by atoms with Gasteiger partial charge < -0.3 is 4.90 Å². The van der Waals surface area contributed by atoms with E-state index in [9.17, 15) is 8.42 Å². The Balaban J connectivity index is 1.69. The van der Waals surface area contributed by atoms with Gasteiger partial charge in [-0.25, -0.2) is 8.42 Å². The monoisotopic (exact) mass is 337 g/mol. The van der Waals surface area contributed by atoms with Crippen LogP contribution < -0.4 is 0 Å². The Morgan fingerprint density at radius 3 is 3.05 bits per heavy atom. The van der Waals surface area contributed by atoms with Crippen molar-refractivity contribution in [1.29, 1.82) is 0 Å². The van der Waals surface area contributed by atoms with Crippen molar-refractivity contribution in [1.82, 2.24) is 14.2 Å². The maximum absolute atomic E-state index is 13.0. The zero-order valence-corrected chi connectivity index (χ0v) is 13.9. The molecule has 0 amide bonds. The highest BCUT2D eigenvalue weighted by atomic mass is 32.2. The van der Waals surface area contributed by atoms with Crippen molar-refractivity contribution in [3.63, 3.8) is 0 Å². The number of pyridine rings is 1. The van der Waals surface area contributed by atoms with Crippen LogP contribution in [0.3, 0.4) is 0 Å². The molecule has 2 bridgehead atoms. The molecule has 0 aliphatic carbocycles. The summed E-state index contributed by atoms with van der Waals surface area (Å²) in [6.07, 6.45) is 4.75. The summed E-state index contributed by atoms with van der Waals surface area (Å²) < 4.78 is 28.7. The number of rotatable bonds is 2. The predicted octanol–water partition coefficient (Wildman–Crippen LogP) is 2.16. The maximum Gasteiger partial charge on any atom is 0.244 e. The molecule has 0 spiro atoms. The molecule has 4 rings (SSSR count). The highest BCUT2D eigenvalue weighted by molar-refractivity contribution is 7.89. The Kier molecular flexibility index (Phi) is 3.68. The van der Waals surface area contributed by atoms with E-state index < -0.39 is 10.0 Å². The summed E-state index contributed by atoms with van der Waals surface area (Å²) in [7, 11) is -3.45. The third kappa shape index (κ3) is 2.46. The Bertz CT molecular complexity index is 787. The molecule has 4 heterocycles. The molecule has 7 heteroatoms. The molecule has 5 nitrogen and oxygen atoms in total. The first-order chi connectivity index (χ1) is 10.6. The van der Waals surface area contributed by atoms with E-state index in [1.807, 2.05) is 11.4 Å². The van der Waals surface area contributed by atoms with Crippen LogP contribution in [-0.4, -0.2) is 54.8 Å². The van der Waals surface area contributed by atoms with Crippen molar-refractivity contribution in [2.45, 2.75) is 30.2 Å². The number of hydrogen-bond acceptors (Lipinski definition) is 5. The number of piperazine rings is 1. The van der Waals surface area contributed by atoms with Gasteiger partial charge in [0.25, 0.3) is 0 Å². The second-order valence-corrected chi connectivity index (χ2v) is 8.88. The fourth-order valence-corrected chi connectivity index (χ4v) is 5.94. The van der Waals surface area contributed by atoms with Gasteiger partial charge in [0.05, 0.1) is 10.2 Å². The van der Waals surface area contributed by atoms with Crippen molar-refractivity contribution >= 4 is 31.6 Å². The number of fused-ring (bicyclic) bond motifs is 3. The maximum atomic E-state index is 13.0. The third-order valence-electron chi connectivity index (χ3n) is 4.66. The van der Waals surface area contributed by atoms with Crippen molar-refractivity contribution in [3.05, 3.63) is 23.7 Å². The minimum Gasteiger partial charge on any atom is -0.300 e. The fourth-order valence-electron chi connectivity index (χ4n) is 3.48. The number of thiophene rings is 1. The van der Waals surface area contributed by atoms with Gasteiger partial charge in [-0.2, -0.15) is 4.31 Å². The first kappa shape index (κ1) is 14.6. The van der Waals surface area contributed by atoms with Gasteiger partial charge in [-0.15, -0.1) is 11.3 Å². The summed E-state index contributed by atoms with van der Waals surface area (Å²) in [5, 5.41) is 1.94. The van der Waals surface area contributed by atoms with Crippen LogP contribution >= 0.6 is 11.3 Å². The largest absolute Gasteiger partial charge is 0.300 e. The summed E-state index contributed by atoms with van der Waals surface area (Å²) in [5.74, 6) is 0. The van der Waals surface area contributed by atoms with Gasteiger partial charge in [-0.1, -0.05) is 6.42 Å². The second-order valence-electron chi connectivity index (χ2n) is 6.04. The first-order valence-electron chi connectivity index (χ1n) is 7.72. The molecule has 2 aromatic rings. The second kappa shape index (κ2) is 5.56. The summed E-state index contributed by atoms with van der Waals surface area (Å²) >= 11 is 1.53. The molecule has 0 N–H and O–H groups in total.